The Balaban J connectivity index is 1.66. The van der Waals surface area contributed by atoms with Crippen LogP contribution in [0.25, 0.3) is 0 Å². The van der Waals surface area contributed by atoms with E-state index in [2.05, 4.69) is 20.9 Å². The fourth-order valence-corrected chi connectivity index (χ4v) is 2.90. The first-order valence-corrected chi connectivity index (χ1v) is 8.32. The molecule has 2 rings (SSSR count). The van der Waals surface area contributed by atoms with E-state index in [9.17, 15) is 9.59 Å². The molecule has 0 spiro atoms. The van der Waals surface area contributed by atoms with E-state index in [0.717, 1.165) is 24.1 Å². The largest absolute Gasteiger partial charge is 0.353 e. The van der Waals surface area contributed by atoms with Crippen molar-refractivity contribution in [3.8, 4) is 0 Å². The molecule has 3 amide bonds. The van der Waals surface area contributed by atoms with Crippen molar-refractivity contribution in [2.45, 2.75) is 58.4 Å². The number of pyridine rings is 1. The number of nitrogens with one attached hydrogen (secondary N) is 3. The summed E-state index contributed by atoms with van der Waals surface area (Å²) >= 11 is 0. The smallest absolute Gasteiger partial charge is 0.320 e. The molecular formula is C17H26N4O2. The first kappa shape index (κ1) is 17.2. The Morgan fingerprint density at radius 3 is 2.61 bits per heavy atom. The van der Waals surface area contributed by atoms with Crippen molar-refractivity contribution in [3.63, 3.8) is 0 Å². The number of aryl methyl sites for hydroxylation is 2. The molecule has 3 N–H and O–H groups in total. The van der Waals surface area contributed by atoms with Gasteiger partial charge in [0.2, 0.25) is 5.91 Å². The number of urea groups is 1. The van der Waals surface area contributed by atoms with E-state index in [1.165, 1.54) is 19.3 Å². The summed E-state index contributed by atoms with van der Waals surface area (Å²) in [6.07, 6.45) is 6.07. The molecule has 0 bridgehead atoms. The quantitative estimate of drug-likeness (QED) is 0.780. The van der Waals surface area contributed by atoms with Gasteiger partial charge < -0.3 is 10.6 Å². The van der Waals surface area contributed by atoms with Crippen LogP contribution >= 0.6 is 0 Å². The third kappa shape index (κ3) is 6.26. The molecule has 6 heteroatoms. The van der Waals surface area contributed by atoms with Crippen LogP contribution in [0.3, 0.4) is 0 Å². The second-order valence-corrected chi connectivity index (χ2v) is 6.20. The number of carbonyl (C=O) groups excluding carboxylic acids is 2. The predicted octanol–water partition coefficient (Wildman–Crippen LogP) is 2.66. The monoisotopic (exact) mass is 318 g/mol. The molecule has 1 aliphatic rings. The van der Waals surface area contributed by atoms with Gasteiger partial charge in [-0.2, -0.15) is 0 Å². The molecule has 23 heavy (non-hydrogen) atoms. The predicted molar refractivity (Wildman–Crippen MR) is 90.4 cm³/mol. The minimum Gasteiger partial charge on any atom is -0.353 e. The average Bonchev–Trinajstić information content (AvgIpc) is 2.47. The number of carbonyl (C=O) groups is 2. The maximum atomic E-state index is 11.8. The van der Waals surface area contributed by atoms with E-state index in [-0.39, 0.29) is 11.9 Å². The van der Waals surface area contributed by atoms with Gasteiger partial charge in [0, 0.05) is 24.7 Å². The summed E-state index contributed by atoms with van der Waals surface area (Å²) < 4.78 is 0. The lowest BCUT2D eigenvalue weighted by molar-refractivity contribution is -0.121. The van der Waals surface area contributed by atoms with Crippen molar-refractivity contribution in [1.82, 2.24) is 15.6 Å². The van der Waals surface area contributed by atoms with Crippen LogP contribution in [0.1, 0.15) is 49.8 Å². The fourth-order valence-electron chi connectivity index (χ4n) is 2.90. The number of aromatic nitrogens is 1. The first-order chi connectivity index (χ1) is 11.0. The zero-order valence-electron chi connectivity index (χ0n) is 13.9. The fraction of sp³-hybridized carbons (Fsp3) is 0.588. The highest BCUT2D eigenvalue weighted by Crippen LogP contribution is 2.17. The highest BCUT2D eigenvalue weighted by molar-refractivity contribution is 5.88. The SMILES string of the molecule is Cc1cc(C)nc(NC(=O)NCCC(=O)NC2CCCCC2)c1. The molecule has 1 aromatic heterocycles. The molecule has 0 radical (unpaired) electrons. The van der Waals surface area contributed by atoms with Gasteiger partial charge in [-0.3, -0.25) is 10.1 Å². The summed E-state index contributed by atoms with van der Waals surface area (Å²) in [5.41, 5.74) is 1.90. The van der Waals surface area contributed by atoms with Gasteiger partial charge in [0.25, 0.3) is 0 Å². The molecular weight excluding hydrogens is 292 g/mol. The summed E-state index contributed by atoms with van der Waals surface area (Å²) in [5.74, 6) is 0.522. The maximum Gasteiger partial charge on any atom is 0.320 e. The summed E-state index contributed by atoms with van der Waals surface area (Å²) in [6.45, 7) is 4.15. The number of hydrogen-bond donors (Lipinski definition) is 3. The third-order valence-electron chi connectivity index (χ3n) is 3.95. The standard InChI is InChI=1S/C17H26N4O2/c1-12-10-13(2)19-15(11-12)21-17(23)18-9-8-16(22)20-14-6-4-3-5-7-14/h10-11,14H,3-9H2,1-2H3,(H,20,22)(H2,18,19,21,23). The lowest BCUT2D eigenvalue weighted by Gasteiger charge is -2.22. The van der Waals surface area contributed by atoms with Crippen LogP contribution in [0.4, 0.5) is 10.6 Å². The van der Waals surface area contributed by atoms with Gasteiger partial charge >= 0.3 is 6.03 Å². The van der Waals surface area contributed by atoms with Gasteiger partial charge in [0.15, 0.2) is 0 Å². The Morgan fingerprint density at radius 2 is 1.91 bits per heavy atom. The van der Waals surface area contributed by atoms with Crippen molar-refractivity contribution in [2.75, 3.05) is 11.9 Å². The van der Waals surface area contributed by atoms with Gasteiger partial charge in [-0.05, 0) is 44.4 Å². The van der Waals surface area contributed by atoms with Crippen LogP contribution in [0.2, 0.25) is 0 Å². The van der Waals surface area contributed by atoms with Gasteiger partial charge in [0.05, 0.1) is 0 Å². The topological polar surface area (TPSA) is 83.1 Å². The van der Waals surface area contributed by atoms with Crippen molar-refractivity contribution in [1.29, 1.82) is 0 Å². The minimum atomic E-state index is -0.340. The Hall–Kier alpha value is -2.11. The lowest BCUT2D eigenvalue weighted by atomic mass is 9.95. The molecule has 1 heterocycles. The molecule has 0 saturated heterocycles. The second kappa shape index (κ2) is 8.50. The average molecular weight is 318 g/mol. The van der Waals surface area contributed by atoms with E-state index in [4.69, 9.17) is 0 Å². The van der Waals surface area contributed by atoms with E-state index >= 15 is 0 Å². The lowest BCUT2D eigenvalue weighted by Crippen LogP contribution is -2.38. The molecule has 1 fully saturated rings. The number of anilines is 1. The van der Waals surface area contributed by atoms with Gasteiger partial charge in [-0.15, -0.1) is 0 Å². The maximum absolute atomic E-state index is 11.8. The summed E-state index contributed by atoms with van der Waals surface area (Å²) in [7, 11) is 0. The van der Waals surface area contributed by atoms with Gasteiger partial charge in [-0.25, -0.2) is 9.78 Å². The molecule has 1 saturated carbocycles. The number of rotatable bonds is 5. The van der Waals surface area contributed by atoms with Gasteiger partial charge in [0.1, 0.15) is 5.82 Å². The number of hydrogen-bond acceptors (Lipinski definition) is 3. The zero-order chi connectivity index (χ0) is 16.7. The molecule has 0 aromatic carbocycles. The molecule has 0 unspecified atom stereocenters. The van der Waals surface area contributed by atoms with Crippen LogP contribution < -0.4 is 16.0 Å². The Kier molecular flexibility index (Phi) is 6.38. The first-order valence-electron chi connectivity index (χ1n) is 8.32. The van der Waals surface area contributed by atoms with Crippen molar-refractivity contribution >= 4 is 17.8 Å². The van der Waals surface area contributed by atoms with E-state index in [1.54, 1.807) is 0 Å². The summed E-state index contributed by atoms with van der Waals surface area (Å²) in [6, 6.07) is 3.72. The molecule has 0 atom stereocenters. The molecule has 1 aromatic rings. The Bertz CT molecular complexity index is 533. The van der Waals surface area contributed by atoms with Crippen LogP contribution in [0.15, 0.2) is 12.1 Å². The zero-order valence-corrected chi connectivity index (χ0v) is 13.9. The summed E-state index contributed by atoms with van der Waals surface area (Å²) in [4.78, 5) is 27.9. The van der Waals surface area contributed by atoms with Crippen molar-refractivity contribution in [3.05, 3.63) is 23.4 Å². The van der Waals surface area contributed by atoms with E-state index in [1.807, 2.05) is 26.0 Å². The van der Waals surface area contributed by atoms with Crippen molar-refractivity contribution in [2.24, 2.45) is 0 Å². The third-order valence-corrected chi connectivity index (χ3v) is 3.95. The molecule has 1 aliphatic carbocycles. The molecule has 0 aliphatic heterocycles. The minimum absolute atomic E-state index is 0.00160. The van der Waals surface area contributed by atoms with Crippen LogP contribution in [-0.4, -0.2) is 29.5 Å². The van der Waals surface area contributed by atoms with E-state index in [0.29, 0.717) is 24.8 Å². The number of amides is 3. The van der Waals surface area contributed by atoms with Gasteiger partial charge in [-0.1, -0.05) is 19.3 Å². The number of nitrogens with zero attached hydrogens (tertiary/aromatic N) is 1. The second-order valence-electron chi connectivity index (χ2n) is 6.20. The normalized spacial score (nSPS) is 15.0. The van der Waals surface area contributed by atoms with Crippen LogP contribution in [0, 0.1) is 13.8 Å². The van der Waals surface area contributed by atoms with Crippen molar-refractivity contribution < 1.29 is 9.59 Å². The highest BCUT2D eigenvalue weighted by atomic mass is 16.2. The van der Waals surface area contributed by atoms with E-state index < -0.39 is 0 Å². The summed E-state index contributed by atoms with van der Waals surface area (Å²) in [5, 5.41) is 8.41. The highest BCUT2D eigenvalue weighted by Gasteiger charge is 2.15. The molecule has 126 valence electrons. The Labute approximate surface area is 137 Å². The Morgan fingerprint density at radius 1 is 1.17 bits per heavy atom. The van der Waals surface area contributed by atoms with Crippen LogP contribution in [0.5, 0.6) is 0 Å². The molecule has 6 nitrogen and oxygen atoms in total. The van der Waals surface area contributed by atoms with Crippen LogP contribution in [-0.2, 0) is 4.79 Å².